The molecule has 1 amide bonds. The summed E-state index contributed by atoms with van der Waals surface area (Å²) in [7, 11) is 1.29. The quantitative estimate of drug-likeness (QED) is 0.764. The first-order chi connectivity index (χ1) is 11.6. The molecule has 1 aromatic carbocycles. The monoisotopic (exact) mass is 369 g/mol. The third kappa shape index (κ3) is 4.25. The number of methoxy groups -OCH3 is 1. The zero-order valence-electron chi connectivity index (χ0n) is 15.2. The minimum atomic E-state index is -1.30. The van der Waals surface area contributed by atoms with E-state index in [1.54, 1.807) is 45.9 Å². The van der Waals surface area contributed by atoms with Crippen molar-refractivity contribution in [1.29, 1.82) is 0 Å². The Morgan fingerprint density at radius 2 is 2.08 bits per heavy atom. The van der Waals surface area contributed by atoms with Gasteiger partial charge >= 0.3 is 12.1 Å². The van der Waals surface area contributed by atoms with Gasteiger partial charge in [-0.05, 0) is 45.4 Å². The van der Waals surface area contributed by atoms with E-state index in [0.29, 0.717) is 5.02 Å². The lowest BCUT2D eigenvalue weighted by Crippen LogP contribution is -2.59. The lowest BCUT2D eigenvalue weighted by Gasteiger charge is -2.36. The fourth-order valence-corrected chi connectivity index (χ4v) is 3.14. The van der Waals surface area contributed by atoms with E-state index < -0.39 is 29.4 Å². The highest BCUT2D eigenvalue weighted by molar-refractivity contribution is 6.30. The van der Waals surface area contributed by atoms with Crippen molar-refractivity contribution in [3.63, 3.8) is 0 Å². The number of nitrogens with zero attached hydrogens (tertiary/aromatic N) is 1. The second-order valence-electron chi connectivity index (χ2n) is 7.09. The maximum absolute atomic E-state index is 12.8. The SMILES string of the molecule is COC(=O)[C@@]1(Cc2cccc(Cl)c2)CO[C@@H](C)N1C(=O)OC(C)(C)C. The molecule has 0 spiro atoms. The number of esters is 1. The number of amides is 1. The first-order valence-corrected chi connectivity index (χ1v) is 8.43. The van der Waals surface area contributed by atoms with Crippen LogP contribution in [0, 0.1) is 0 Å². The van der Waals surface area contributed by atoms with Crippen molar-refractivity contribution in [1.82, 2.24) is 4.90 Å². The van der Waals surface area contributed by atoms with E-state index in [-0.39, 0.29) is 13.0 Å². The van der Waals surface area contributed by atoms with Gasteiger partial charge in [0.2, 0.25) is 0 Å². The second kappa shape index (κ2) is 7.22. The van der Waals surface area contributed by atoms with Crippen LogP contribution in [-0.4, -0.2) is 48.0 Å². The topological polar surface area (TPSA) is 65.1 Å². The van der Waals surface area contributed by atoms with Crippen molar-refractivity contribution in [3.8, 4) is 0 Å². The average Bonchev–Trinajstić information content (AvgIpc) is 2.82. The van der Waals surface area contributed by atoms with Crippen molar-refractivity contribution in [2.75, 3.05) is 13.7 Å². The minimum Gasteiger partial charge on any atom is -0.467 e. The molecular formula is C18H24ClNO5. The molecule has 1 saturated heterocycles. The molecule has 0 unspecified atom stereocenters. The van der Waals surface area contributed by atoms with Gasteiger partial charge in [0.1, 0.15) is 11.8 Å². The van der Waals surface area contributed by atoms with Crippen molar-refractivity contribution in [3.05, 3.63) is 34.9 Å². The van der Waals surface area contributed by atoms with Gasteiger partial charge in [-0.25, -0.2) is 9.59 Å². The molecule has 2 rings (SSSR count). The number of hydrogen-bond donors (Lipinski definition) is 0. The fraction of sp³-hybridized carbons (Fsp3) is 0.556. The summed E-state index contributed by atoms with van der Waals surface area (Å²) in [5.41, 5.74) is -1.21. The van der Waals surface area contributed by atoms with Crippen LogP contribution in [-0.2, 0) is 25.4 Å². The van der Waals surface area contributed by atoms with Gasteiger partial charge in [0, 0.05) is 11.4 Å². The van der Waals surface area contributed by atoms with Crippen LogP contribution in [0.1, 0.15) is 33.3 Å². The summed E-state index contributed by atoms with van der Waals surface area (Å²) in [5, 5.41) is 0.549. The molecular weight excluding hydrogens is 346 g/mol. The number of benzene rings is 1. The highest BCUT2D eigenvalue weighted by Crippen LogP contribution is 2.34. The number of rotatable bonds is 3. The highest BCUT2D eigenvalue weighted by Gasteiger charge is 2.56. The Hall–Kier alpha value is -1.79. The second-order valence-corrected chi connectivity index (χ2v) is 7.53. The number of carbonyl (C=O) groups excluding carboxylic acids is 2. The first-order valence-electron chi connectivity index (χ1n) is 8.06. The summed E-state index contributed by atoms with van der Waals surface area (Å²) in [6.45, 7) is 7.02. The predicted octanol–water partition coefficient (Wildman–Crippen LogP) is 3.41. The largest absolute Gasteiger partial charge is 0.467 e. The number of ether oxygens (including phenoxy) is 3. The molecule has 0 N–H and O–H groups in total. The molecule has 1 heterocycles. The zero-order valence-corrected chi connectivity index (χ0v) is 15.9. The van der Waals surface area contributed by atoms with Crippen molar-refractivity contribution < 1.29 is 23.8 Å². The summed E-state index contributed by atoms with van der Waals surface area (Å²) in [5.74, 6) is -0.553. The summed E-state index contributed by atoms with van der Waals surface area (Å²) in [6.07, 6.45) is -1.03. The third-order valence-electron chi connectivity index (χ3n) is 3.93. The van der Waals surface area contributed by atoms with E-state index in [0.717, 1.165) is 5.56 Å². The smallest absolute Gasteiger partial charge is 0.413 e. The molecule has 138 valence electrons. The molecule has 0 aromatic heterocycles. The first kappa shape index (κ1) is 19.5. The van der Waals surface area contributed by atoms with Crippen molar-refractivity contribution in [2.24, 2.45) is 0 Å². The highest BCUT2D eigenvalue weighted by atomic mass is 35.5. The Bertz CT molecular complexity index is 657. The van der Waals surface area contributed by atoms with E-state index in [9.17, 15) is 9.59 Å². The van der Waals surface area contributed by atoms with Gasteiger partial charge in [-0.1, -0.05) is 23.7 Å². The standard InChI is InChI=1S/C18H24ClNO5/c1-12-20(16(22)25-17(2,3)4)18(11-24-12,15(21)23-5)10-13-7-6-8-14(19)9-13/h6-9,12H,10-11H2,1-5H3/t12-,18+/m0/s1. The van der Waals surface area contributed by atoms with Crippen LogP contribution < -0.4 is 0 Å². The minimum absolute atomic E-state index is 0.0204. The van der Waals surface area contributed by atoms with Gasteiger partial charge < -0.3 is 14.2 Å². The van der Waals surface area contributed by atoms with E-state index in [1.807, 2.05) is 6.07 Å². The Morgan fingerprint density at radius 3 is 2.64 bits per heavy atom. The maximum Gasteiger partial charge on any atom is 0.413 e. The average molecular weight is 370 g/mol. The van der Waals surface area contributed by atoms with Crippen LogP contribution >= 0.6 is 11.6 Å². The number of hydrogen-bond acceptors (Lipinski definition) is 5. The molecule has 1 aromatic rings. The predicted molar refractivity (Wildman–Crippen MR) is 93.4 cm³/mol. The van der Waals surface area contributed by atoms with Gasteiger partial charge in [-0.15, -0.1) is 0 Å². The summed E-state index contributed by atoms with van der Waals surface area (Å²) < 4.78 is 16.1. The fourth-order valence-electron chi connectivity index (χ4n) is 2.93. The molecule has 6 nitrogen and oxygen atoms in total. The van der Waals surface area contributed by atoms with Gasteiger partial charge in [0.15, 0.2) is 5.54 Å². The van der Waals surface area contributed by atoms with E-state index >= 15 is 0 Å². The Morgan fingerprint density at radius 1 is 1.40 bits per heavy atom. The van der Waals surface area contributed by atoms with Crippen LogP contribution in [0.2, 0.25) is 5.02 Å². The Balaban J connectivity index is 2.42. The molecule has 0 saturated carbocycles. The Kier molecular flexibility index (Phi) is 5.64. The van der Waals surface area contributed by atoms with Gasteiger partial charge in [-0.2, -0.15) is 0 Å². The third-order valence-corrected chi connectivity index (χ3v) is 4.16. The van der Waals surface area contributed by atoms with E-state index in [4.69, 9.17) is 25.8 Å². The molecule has 0 bridgehead atoms. The van der Waals surface area contributed by atoms with Gasteiger partial charge in [0.05, 0.1) is 13.7 Å². The molecule has 1 aliphatic rings. The summed E-state index contributed by atoms with van der Waals surface area (Å²) >= 11 is 6.05. The molecule has 1 aliphatic heterocycles. The van der Waals surface area contributed by atoms with Gasteiger partial charge in [-0.3, -0.25) is 4.90 Å². The Labute approximate surface area is 153 Å². The van der Waals surface area contributed by atoms with Crippen LogP contribution in [0.4, 0.5) is 4.79 Å². The molecule has 7 heteroatoms. The molecule has 25 heavy (non-hydrogen) atoms. The van der Waals surface area contributed by atoms with E-state index in [2.05, 4.69) is 0 Å². The summed E-state index contributed by atoms with van der Waals surface area (Å²) in [6, 6.07) is 7.13. The number of halogens is 1. The van der Waals surface area contributed by atoms with Crippen LogP contribution in [0.15, 0.2) is 24.3 Å². The molecule has 0 radical (unpaired) electrons. The zero-order chi connectivity index (χ0) is 18.8. The molecule has 2 atom stereocenters. The lowest BCUT2D eigenvalue weighted by molar-refractivity contribution is -0.153. The lowest BCUT2D eigenvalue weighted by atomic mass is 9.90. The van der Waals surface area contributed by atoms with Crippen LogP contribution in [0.5, 0.6) is 0 Å². The number of carbonyl (C=O) groups is 2. The molecule has 0 aliphatic carbocycles. The van der Waals surface area contributed by atoms with Crippen LogP contribution in [0.3, 0.4) is 0 Å². The van der Waals surface area contributed by atoms with Crippen LogP contribution in [0.25, 0.3) is 0 Å². The van der Waals surface area contributed by atoms with Crippen molar-refractivity contribution in [2.45, 2.75) is 51.5 Å². The van der Waals surface area contributed by atoms with E-state index in [1.165, 1.54) is 12.0 Å². The summed E-state index contributed by atoms with van der Waals surface area (Å²) in [4.78, 5) is 26.7. The van der Waals surface area contributed by atoms with Crippen molar-refractivity contribution >= 4 is 23.7 Å². The molecule has 1 fully saturated rings. The van der Waals surface area contributed by atoms with Gasteiger partial charge in [0.25, 0.3) is 0 Å². The normalized spacial score (nSPS) is 23.4. The maximum atomic E-state index is 12.8.